The SMILES string of the molecule is [CH2][PH](C1CCCC1)(C1CCCC1)C1CCCC1.[Cl][Pd]. The molecule has 3 heteroatoms. The van der Waals surface area contributed by atoms with Gasteiger partial charge in [0.1, 0.15) is 0 Å². The average Bonchev–Trinajstić information content (AvgIpc) is 3.22. The van der Waals surface area contributed by atoms with E-state index in [2.05, 4.69) is 27.7 Å². The van der Waals surface area contributed by atoms with Crippen LogP contribution in [-0.4, -0.2) is 17.0 Å². The fourth-order valence-corrected chi connectivity index (χ4v) is 11.8. The van der Waals surface area contributed by atoms with Crippen LogP contribution >= 0.6 is 16.8 Å². The minimum atomic E-state index is -1.20. The molecule has 0 saturated heterocycles. The van der Waals surface area contributed by atoms with Crippen LogP contribution in [0.4, 0.5) is 0 Å². The van der Waals surface area contributed by atoms with Crippen molar-refractivity contribution < 1.29 is 18.2 Å². The van der Waals surface area contributed by atoms with E-state index in [1.165, 1.54) is 38.5 Å². The zero-order chi connectivity index (χ0) is 13.7. The van der Waals surface area contributed by atoms with Crippen LogP contribution in [0.1, 0.15) is 77.0 Å². The van der Waals surface area contributed by atoms with E-state index in [4.69, 9.17) is 6.66 Å². The van der Waals surface area contributed by atoms with Crippen molar-refractivity contribution in [1.82, 2.24) is 0 Å². The molecule has 0 aromatic rings. The number of rotatable bonds is 3. The summed E-state index contributed by atoms with van der Waals surface area (Å²) in [5.74, 6) is 0. The Hall–Kier alpha value is 1.38. The topological polar surface area (TPSA) is 0 Å². The van der Waals surface area contributed by atoms with Crippen molar-refractivity contribution in [2.24, 2.45) is 0 Å². The third-order valence-electron chi connectivity index (χ3n) is 6.35. The van der Waals surface area contributed by atoms with Crippen molar-refractivity contribution in [3.8, 4) is 0 Å². The van der Waals surface area contributed by atoms with E-state index < -0.39 is 7.26 Å². The van der Waals surface area contributed by atoms with Gasteiger partial charge in [-0.05, 0) is 0 Å². The van der Waals surface area contributed by atoms with Crippen molar-refractivity contribution >= 4 is 16.8 Å². The van der Waals surface area contributed by atoms with Crippen LogP contribution in [0.25, 0.3) is 0 Å². The first-order chi connectivity index (χ1) is 9.32. The molecule has 0 bridgehead atoms. The zero-order valence-corrected chi connectivity index (χ0v) is 15.4. The van der Waals surface area contributed by atoms with Gasteiger partial charge in [-0.25, -0.2) is 0 Å². The van der Waals surface area contributed by atoms with Crippen LogP contribution in [0.2, 0.25) is 0 Å². The van der Waals surface area contributed by atoms with Gasteiger partial charge < -0.3 is 0 Å². The van der Waals surface area contributed by atoms with Crippen molar-refractivity contribution in [2.75, 3.05) is 0 Å². The summed E-state index contributed by atoms with van der Waals surface area (Å²) in [7, 11) is 3.29. The molecule has 0 spiro atoms. The molecule has 3 rings (SSSR count). The van der Waals surface area contributed by atoms with Gasteiger partial charge in [0.25, 0.3) is 0 Å². The third-order valence-corrected chi connectivity index (χ3v) is 12.6. The second-order valence-electron chi connectivity index (χ2n) is 7.06. The molecule has 1 radical (unpaired) electrons. The molecular formula is C16H30ClPPd. The summed E-state index contributed by atoms with van der Waals surface area (Å²) in [6, 6.07) is 0. The first-order valence-corrected chi connectivity index (χ1v) is 12.7. The molecule has 116 valence electrons. The quantitative estimate of drug-likeness (QED) is 0.404. The van der Waals surface area contributed by atoms with Crippen LogP contribution in [0.15, 0.2) is 0 Å². The number of hydrogen-bond donors (Lipinski definition) is 0. The molecule has 0 N–H and O–H groups in total. The van der Waals surface area contributed by atoms with Crippen LogP contribution in [-0.2, 0) is 18.2 Å². The Bertz CT molecular complexity index is 213. The van der Waals surface area contributed by atoms with Crippen molar-refractivity contribution in [3.05, 3.63) is 6.66 Å². The summed E-state index contributed by atoms with van der Waals surface area (Å²) in [6.45, 7) is 5.05. The van der Waals surface area contributed by atoms with E-state index >= 15 is 0 Å². The molecule has 3 saturated carbocycles. The van der Waals surface area contributed by atoms with Gasteiger partial charge in [0.05, 0.1) is 0 Å². The second kappa shape index (κ2) is 8.13. The van der Waals surface area contributed by atoms with E-state index in [0.29, 0.717) is 0 Å². The number of halogens is 1. The molecule has 0 unspecified atom stereocenters. The van der Waals surface area contributed by atoms with Gasteiger partial charge in [0.2, 0.25) is 0 Å². The van der Waals surface area contributed by atoms with Crippen molar-refractivity contribution in [1.29, 1.82) is 0 Å². The summed E-state index contributed by atoms with van der Waals surface area (Å²) in [6.07, 6.45) is 18.5. The first kappa shape index (κ1) is 16.7. The molecule has 0 nitrogen and oxygen atoms in total. The van der Waals surface area contributed by atoms with Gasteiger partial charge in [-0.2, -0.15) is 0 Å². The van der Waals surface area contributed by atoms with E-state index in [1.807, 2.05) is 0 Å². The predicted molar refractivity (Wildman–Crippen MR) is 86.3 cm³/mol. The van der Waals surface area contributed by atoms with Crippen LogP contribution in [0.3, 0.4) is 0 Å². The van der Waals surface area contributed by atoms with Crippen molar-refractivity contribution in [2.45, 2.75) is 94.0 Å². The fourth-order valence-electron chi connectivity index (χ4n) is 5.39. The molecular weight excluding hydrogens is 365 g/mol. The molecule has 3 fully saturated rings. The average molecular weight is 395 g/mol. The normalized spacial score (nSPS) is 27.6. The molecule has 3 aliphatic carbocycles. The van der Waals surface area contributed by atoms with Gasteiger partial charge in [-0.15, -0.1) is 0 Å². The van der Waals surface area contributed by atoms with Crippen molar-refractivity contribution in [3.63, 3.8) is 0 Å². The third kappa shape index (κ3) is 3.59. The molecule has 0 amide bonds. The maximum absolute atomic E-state index is 5.05. The van der Waals surface area contributed by atoms with Crippen LogP contribution in [0.5, 0.6) is 0 Å². The summed E-state index contributed by atoms with van der Waals surface area (Å²) in [4.78, 5) is 0. The monoisotopic (exact) mass is 394 g/mol. The molecule has 0 heterocycles. The molecule has 0 aromatic carbocycles. The molecule has 0 aliphatic heterocycles. The van der Waals surface area contributed by atoms with Gasteiger partial charge in [0.15, 0.2) is 0 Å². The summed E-state index contributed by atoms with van der Waals surface area (Å²) in [5.41, 5.74) is 3.36. The summed E-state index contributed by atoms with van der Waals surface area (Å²) < 4.78 is 0. The van der Waals surface area contributed by atoms with Gasteiger partial charge in [-0.3, -0.25) is 0 Å². The molecule has 3 aliphatic rings. The van der Waals surface area contributed by atoms with Gasteiger partial charge in [-0.1, -0.05) is 0 Å². The fraction of sp³-hybridized carbons (Fsp3) is 0.938. The molecule has 0 atom stereocenters. The van der Waals surface area contributed by atoms with E-state index in [-0.39, 0.29) is 0 Å². The Balaban J connectivity index is 0.000000637. The summed E-state index contributed by atoms with van der Waals surface area (Å²) >= 11 is 2.22. The Morgan fingerprint density at radius 1 is 0.632 bits per heavy atom. The van der Waals surface area contributed by atoms with E-state index in [9.17, 15) is 0 Å². The van der Waals surface area contributed by atoms with E-state index in [0.717, 1.165) is 17.0 Å². The second-order valence-corrected chi connectivity index (χ2v) is 11.7. The van der Waals surface area contributed by atoms with Crippen LogP contribution < -0.4 is 0 Å². The van der Waals surface area contributed by atoms with Gasteiger partial charge >= 0.3 is 136 Å². The predicted octanol–water partition coefficient (Wildman–Crippen LogP) is 6.04. The standard InChI is InChI=1S/C16H30P.ClH.Pd/c1-17(14-8-2-3-9-14,15-10-4-5-11-15)16-12-6-7-13-16;;/h14-17H,1-13H2;1H;/q;;+1/p-1. The zero-order valence-electron chi connectivity index (χ0n) is 12.1. The van der Waals surface area contributed by atoms with E-state index in [1.54, 1.807) is 38.5 Å². The van der Waals surface area contributed by atoms with Crippen LogP contribution in [0, 0.1) is 6.66 Å². The first-order valence-electron chi connectivity index (χ1n) is 8.29. The summed E-state index contributed by atoms with van der Waals surface area (Å²) in [5, 5.41) is 0. The van der Waals surface area contributed by atoms with Gasteiger partial charge in [0, 0.05) is 0 Å². The Kier molecular flexibility index (Phi) is 7.17. The maximum atomic E-state index is 5.05. The Morgan fingerprint density at radius 3 is 1.05 bits per heavy atom. The number of hydrogen-bond acceptors (Lipinski definition) is 0. The minimum absolute atomic E-state index is 1.12. The Labute approximate surface area is 135 Å². The molecule has 0 aromatic heterocycles. The Morgan fingerprint density at radius 2 is 0.842 bits per heavy atom. The molecule has 19 heavy (non-hydrogen) atoms.